The molecular weight excluding hydrogens is 360 g/mol. The number of nitrogens with zero attached hydrogens (tertiary/aromatic N) is 3. The monoisotopic (exact) mass is 372 g/mol. The van der Waals surface area contributed by atoms with Crippen LogP contribution in [-0.2, 0) is 0 Å². The smallest absolute Gasteiger partial charge is 0.270 e. The standard InChI is InChI=1S/C17H13ClN4O2S/c18-9-16(19)20-14-7-6-12(22(23)24)8-13(14)17-21-15(10-25-17)11-4-2-1-3-5-11/h1-8,10H,9H2,(H2,19,20). The van der Waals surface area contributed by atoms with E-state index in [4.69, 9.17) is 17.3 Å². The summed E-state index contributed by atoms with van der Waals surface area (Å²) < 4.78 is 0. The Morgan fingerprint density at radius 1 is 1.28 bits per heavy atom. The first-order valence-electron chi connectivity index (χ1n) is 7.27. The predicted octanol–water partition coefficient (Wildman–Crippen LogP) is 4.61. The maximum atomic E-state index is 11.1. The molecule has 6 nitrogen and oxygen atoms in total. The fourth-order valence-corrected chi connectivity index (χ4v) is 3.14. The van der Waals surface area contributed by atoms with E-state index in [1.54, 1.807) is 6.07 Å². The summed E-state index contributed by atoms with van der Waals surface area (Å²) in [6.07, 6.45) is 0. The zero-order valence-electron chi connectivity index (χ0n) is 12.9. The summed E-state index contributed by atoms with van der Waals surface area (Å²) in [6.45, 7) is 0. The minimum atomic E-state index is -0.451. The normalized spacial score (nSPS) is 11.5. The Bertz CT molecular complexity index is 941. The van der Waals surface area contributed by atoms with E-state index >= 15 is 0 Å². The van der Waals surface area contributed by atoms with E-state index in [9.17, 15) is 10.1 Å². The Balaban J connectivity index is 2.10. The third-order valence-corrected chi connectivity index (χ3v) is 4.55. The number of amidine groups is 1. The van der Waals surface area contributed by atoms with Crippen molar-refractivity contribution < 1.29 is 4.92 Å². The molecule has 0 bridgehead atoms. The SMILES string of the molecule is NC(CCl)=Nc1ccc([N+](=O)[O-])cc1-c1nc(-c2ccccc2)cs1. The molecule has 0 aliphatic rings. The topological polar surface area (TPSA) is 94.4 Å². The Labute approximate surface area is 152 Å². The van der Waals surface area contributed by atoms with Crippen LogP contribution in [0.4, 0.5) is 11.4 Å². The number of aliphatic imine (C=N–C) groups is 1. The molecule has 0 saturated heterocycles. The van der Waals surface area contributed by atoms with Crippen molar-refractivity contribution in [1.29, 1.82) is 0 Å². The second-order valence-electron chi connectivity index (χ2n) is 5.10. The predicted molar refractivity (Wildman–Crippen MR) is 102 cm³/mol. The molecule has 1 heterocycles. The van der Waals surface area contributed by atoms with Crippen molar-refractivity contribution in [3.63, 3.8) is 0 Å². The molecule has 25 heavy (non-hydrogen) atoms. The first-order valence-corrected chi connectivity index (χ1v) is 8.68. The summed E-state index contributed by atoms with van der Waals surface area (Å²) >= 11 is 7.08. The first kappa shape index (κ1) is 17.1. The van der Waals surface area contributed by atoms with Crippen molar-refractivity contribution in [1.82, 2.24) is 4.98 Å². The summed E-state index contributed by atoms with van der Waals surface area (Å²) in [5.41, 5.74) is 8.50. The van der Waals surface area contributed by atoms with Gasteiger partial charge in [0.05, 0.1) is 22.2 Å². The third-order valence-electron chi connectivity index (χ3n) is 3.40. The molecule has 0 amide bonds. The van der Waals surface area contributed by atoms with E-state index in [1.807, 2.05) is 35.7 Å². The molecule has 8 heteroatoms. The lowest BCUT2D eigenvalue weighted by Gasteiger charge is -2.04. The zero-order valence-corrected chi connectivity index (χ0v) is 14.5. The molecule has 2 N–H and O–H groups in total. The number of halogens is 1. The Morgan fingerprint density at radius 2 is 2.04 bits per heavy atom. The average Bonchev–Trinajstić information content (AvgIpc) is 3.12. The van der Waals surface area contributed by atoms with Crippen molar-refractivity contribution in [3.05, 3.63) is 64.0 Å². The molecule has 2 aromatic carbocycles. The van der Waals surface area contributed by atoms with Gasteiger partial charge in [-0.2, -0.15) is 0 Å². The van der Waals surface area contributed by atoms with Gasteiger partial charge in [-0.1, -0.05) is 30.3 Å². The lowest BCUT2D eigenvalue weighted by molar-refractivity contribution is -0.384. The summed E-state index contributed by atoms with van der Waals surface area (Å²) in [6, 6.07) is 14.1. The highest BCUT2D eigenvalue weighted by molar-refractivity contribution is 7.13. The number of aromatic nitrogens is 1. The summed E-state index contributed by atoms with van der Waals surface area (Å²) in [5.74, 6) is 0.306. The van der Waals surface area contributed by atoms with Gasteiger partial charge < -0.3 is 5.73 Å². The van der Waals surface area contributed by atoms with Gasteiger partial charge >= 0.3 is 0 Å². The van der Waals surface area contributed by atoms with Gasteiger partial charge in [-0.3, -0.25) is 10.1 Å². The molecule has 0 atom stereocenters. The Morgan fingerprint density at radius 3 is 2.72 bits per heavy atom. The van der Waals surface area contributed by atoms with Crippen molar-refractivity contribution in [2.24, 2.45) is 10.7 Å². The Hall–Kier alpha value is -2.77. The van der Waals surface area contributed by atoms with Crippen LogP contribution in [-0.4, -0.2) is 21.6 Å². The van der Waals surface area contributed by atoms with Crippen LogP contribution in [0.15, 0.2) is 58.9 Å². The van der Waals surface area contributed by atoms with Crippen molar-refractivity contribution in [2.45, 2.75) is 0 Å². The highest BCUT2D eigenvalue weighted by Crippen LogP contribution is 2.37. The van der Waals surface area contributed by atoms with Crippen LogP contribution in [0.3, 0.4) is 0 Å². The quantitative estimate of drug-likeness (QED) is 0.232. The summed E-state index contributed by atoms with van der Waals surface area (Å²) in [5, 5.41) is 13.6. The maximum Gasteiger partial charge on any atom is 0.270 e. The van der Waals surface area contributed by atoms with Gasteiger partial charge in [-0.05, 0) is 6.07 Å². The zero-order chi connectivity index (χ0) is 17.8. The van der Waals surface area contributed by atoms with Gasteiger partial charge in [0.15, 0.2) is 0 Å². The van der Waals surface area contributed by atoms with Crippen LogP contribution >= 0.6 is 22.9 Å². The lowest BCUT2D eigenvalue weighted by atomic mass is 10.1. The molecule has 126 valence electrons. The fourth-order valence-electron chi connectivity index (χ4n) is 2.23. The number of rotatable bonds is 5. The molecule has 0 aliphatic carbocycles. The molecule has 0 fully saturated rings. The molecular formula is C17H13ClN4O2S. The molecule has 0 spiro atoms. The molecule has 0 unspecified atom stereocenters. The van der Waals surface area contributed by atoms with Crippen molar-refractivity contribution in [3.8, 4) is 21.8 Å². The number of nitro groups is 1. The molecule has 3 rings (SSSR count). The number of non-ortho nitro benzene ring substituents is 1. The number of benzene rings is 2. The number of thiazole rings is 1. The van der Waals surface area contributed by atoms with Crippen molar-refractivity contribution >= 4 is 40.1 Å². The van der Waals surface area contributed by atoms with Crippen LogP contribution in [0.5, 0.6) is 0 Å². The number of nitro benzene ring substituents is 1. The summed E-state index contributed by atoms with van der Waals surface area (Å²) in [4.78, 5) is 19.5. The Kier molecular flexibility index (Phi) is 5.06. The van der Waals surface area contributed by atoms with E-state index < -0.39 is 4.92 Å². The largest absolute Gasteiger partial charge is 0.386 e. The van der Waals surface area contributed by atoms with Gasteiger partial charge in [-0.25, -0.2) is 9.98 Å². The highest BCUT2D eigenvalue weighted by Gasteiger charge is 2.16. The fraction of sp³-hybridized carbons (Fsp3) is 0.0588. The molecule has 0 aliphatic heterocycles. The number of hydrogen-bond acceptors (Lipinski definition) is 5. The van der Waals surface area contributed by atoms with Gasteiger partial charge in [0.2, 0.25) is 0 Å². The van der Waals surface area contributed by atoms with Crippen LogP contribution in [0.25, 0.3) is 21.8 Å². The summed E-state index contributed by atoms with van der Waals surface area (Å²) in [7, 11) is 0. The van der Waals surface area contributed by atoms with E-state index in [1.165, 1.54) is 23.5 Å². The van der Waals surface area contributed by atoms with E-state index in [0.717, 1.165) is 11.3 Å². The molecule has 0 radical (unpaired) electrons. The molecule has 3 aromatic rings. The number of alkyl halides is 1. The van der Waals surface area contributed by atoms with Gasteiger partial charge in [0.25, 0.3) is 5.69 Å². The van der Waals surface area contributed by atoms with Crippen LogP contribution in [0.1, 0.15) is 0 Å². The molecule has 1 aromatic heterocycles. The van der Waals surface area contributed by atoms with E-state index in [0.29, 0.717) is 16.3 Å². The van der Waals surface area contributed by atoms with Gasteiger partial charge in [0, 0.05) is 28.6 Å². The van der Waals surface area contributed by atoms with Gasteiger partial charge in [-0.15, -0.1) is 22.9 Å². The van der Waals surface area contributed by atoms with E-state index in [-0.39, 0.29) is 17.4 Å². The van der Waals surface area contributed by atoms with Crippen molar-refractivity contribution in [2.75, 3.05) is 5.88 Å². The van der Waals surface area contributed by atoms with Crippen LogP contribution in [0.2, 0.25) is 0 Å². The third kappa shape index (κ3) is 3.84. The van der Waals surface area contributed by atoms with Crippen LogP contribution < -0.4 is 5.73 Å². The maximum absolute atomic E-state index is 11.1. The molecule has 0 saturated carbocycles. The second kappa shape index (κ2) is 7.42. The highest BCUT2D eigenvalue weighted by atomic mass is 35.5. The minimum Gasteiger partial charge on any atom is -0.386 e. The first-order chi connectivity index (χ1) is 12.1. The average molecular weight is 373 g/mol. The van der Waals surface area contributed by atoms with E-state index in [2.05, 4.69) is 9.98 Å². The number of nitrogens with two attached hydrogens (primary N) is 1. The second-order valence-corrected chi connectivity index (χ2v) is 6.22. The van der Waals surface area contributed by atoms with Gasteiger partial charge in [0.1, 0.15) is 10.8 Å². The van der Waals surface area contributed by atoms with Crippen LogP contribution in [0, 0.1) is 10.1 Å². The number of hydrogen-bond donors (Lipinski definition) is 1. The minimum absolute atomic E-state index is 0.0325. The lowest BCUT2D eigenvalue weighted by Crippen LogP contribution is -2.12.